The molecule has 0 amide bonds. The summed E-state index contributed by atoms with van der Waals surface area (Å²) in [6.07, 6.45) is -6.74. The van der Waals surface area contributed by atoms with Crippen molar-refractivity contribution in [3.05, 3.63) is 34.7 Å². The Hall–Kier alpha value is -3.75. The topological polar surface area (TPSA) is 198 Å². The molecule has 1 saturated heterocycles. The van der Waals surface area contributed by atoms with Gasteiger partial charge in [-0.3, -0.25) is 4.79 Å². The van der Waals surface area contributed by atoms with E-state index >= 15 is 0 Å². The lowest BCUT2D eigenvalue weighted by molar-refractivity contribution is -0.277. The molecule has 0 unspecified atom stereocenters. The Morgan fingerprint density at radius 3 is 2.22 bits per heavy atom. The minimum absolute atomic E-state index is 0.0243. The van der Waals surface area contributed by atoms with Crippen molar-refractivity contribution in [2.24, 2.45) is 0 Å². The van der Waals surface area contributed by atoms with Gasteiger partial charge in [0.25, 0.3) is 0 Å². The Morgan fingerprint density at radius 1 is 0.892 bits per heavy atom. The molecular weight excluding hydrogens is 496 g/mol. The fourth-order valence-corrected chi connectivity index (χ4v) is 4.10. The van der Waals surface area contributed by atoms with E-state index in [2.05, 4.69) is 0 Å². The standard InChI is InChI=1S/C24H26O13/c1-32-13-5-9(4-11(26)22(13)33-2)10-8-35-12-6-14(23(34-3)19(29)16(12)17(10)27)36-24-21(31)20(30)18(28)15(7-25)37-24/h4-6,8,15,18,20-21,24-26,28-31H,7H2,1-3H3/t15-,18+,20-,21-,24+/m1/s1. The SMILES string of the molecule is COc1cc(-c2coc3cc(O[C@H]4O[C@H](CO)[C@H](O)[C@@H](O)[C@H]4O)c(OC)c(O)c3c2=O)cc(O)c1OC. The van der Waals surface area contributed by atoms with Gasteiger partial charge in [0, 0.05) is 6.07 Å². The lowest BCUT2D eigenvalue weighted by atomic mass is 9.99. The van der Waals surface area contributed by atoms with Crippen LogP contribution >= 0.6 is 0 Å². The van der Waals surface area contributed by atoms with Gasteiger partial charge >= 0.3 is 0 Å². The van der Waals surface area contributed by atoms with Crippen molar-refractivity contribution in [1.82, 2.24) is 0 Å². The summed E-state index contributed by atoms with van der Waals surface area (Å²) in [7, 11) is 3.90. The van der Waals surface area contributed by atoms with Crippen LogP contribution in [0, 0.1) is 0 Å². The van der Waals surface area contributed by atoms with Crippen LogP contribution < -0.4 is 24.4 Å². The van der Waals surface area contributed by atoms with Crippen molar-refractivity contribution < 1.29 is 58.7 Å². The van der Waals surface area contributed by atoms with Crippen LogP contribution in [0.1, 0.15) is 0 Å². The number of ether oxygens (including phenoxy) is 5. The molecule has 2 heterocycles. The average molecular weight is 522 g/mol. The highest BCUT2D eigenvalue weighted by molar-refractivity contribution is 5.91. The zero-order chi connectivity index (χ0) is 27.0. The normalized spacial score (nSPS) is 23.6. The van der Waals surface area contributed by atoms with Crippen LogP contribution in [0.2, 0.25) is 0 Å². The molecule has 13 nitrogen and oxygen atoms in total. The van der Waals surface area contributed by atoms with E-state index in [-0.39, 0.29) is 50.8 Å². The van der Waals surface area contributed by atoms with Crippen molar-refractivity contribution in [1.29, 1.82) is 0 Å². The first-order chi connectivity index (χ1) is 17.7. The molecule has 3 aromatic rings. The van der Waals surface area contributed by atoms with Gasteiger partial charge in [-0.1, -0.05) is 0 Å². The third kappa shape index (κ3) is 4.47. The highest BCUT2D eigenvalue weighted by atomic mass is 16.7. The lowest BCUT2D eigenvalue weighted by Crippen LogP contribution is -2.60. The highest BCUT2D eigenvalue weighted by Crippen LogP contribution is 2.44. The summed E-state index contributed by atoms with van der Waals surface area (Å²) in [5.74, 6) is -1.26. The molecule has 0 radical (unpaired) electrons. The Kier molecular flexibility index (Phi) is 7.34. The summed E-state index contributed by atoms with van der Waals surface area (Å²) in [5, 5.41) is 60.6. The van der Waals surface area contributed by atoms with Crippen LogP contribution in [0.25, 0.3) is 22.1 Å². The number of fused-ring (bicyclic) bond motifs is 1. The molecule has 13 heteroatoms. The molecule has 0 aliphatic carbocycles. The van der Waals surface area contributed by atoms with Crippen LogP contribution in [0.3, 0.4) is 0 Å². The number of hydrogen-bond donors (Lipinski definition) is 6. The maximum absolute atomic E-state index is 13.4. The molecule has 5 atom stereocenters. The molecule has 6 N–H and O–H groups in total. The second-order valence-corrected chi connectivity index (χ2v) is 8.15. The third-order valence-electron chi connectivity index (χ3n) is 6.03. The zero-order valence-corrected chi connectivity index (χ0v) is 19.9. The van der Waals surface area contributed by atoms with Gasteiger partial charge in [0.1, 0.15) is 41.6 Å². The quantitative estimate of drug-likeness (QED) is 0.244. The Bertz CT molecular complexity index is 1350. The molecule has 1 aliphatic heterocycles. The van der Waals surface area contributed by atoms with Crippen LogP contribution in [0.15, 0.2) is 33.7 Å². The molecule has 1 aromatic heterocycles. The summed E-state index contributed by atoms with van der Waals surface area (Å²) < 4.78 is 32.0. The van der Waals surface area contributed by atoms with Gasteiger partial charge in [-0.25, -0.2) is 0 Å². The van der Waals surface area contributed by atoms with E-state index < -0.39 is 48.5 Å². The molecule has 1 fully saturated rings. The minimum Gasteiger partial charge on any atom is -0.504 e. The molecule has 0 bridgehead atoms. The molecule has 37 heavy (non-hydrogen) atoms. The summed E-state index contributed by atoms with van der Waals surface area (Å²) >= 11 is 0. The summed E-state index contributed by atoms with van der Waals surface area (Å²) in [6, 6.07) is 3.92. The maximum Gasteiger partial charge on any atom is 0.229 e. The van der Waals surface area contributed by atoms with E-state index in [4.69, 9.17) is 28.1 Å². The lowest BCUT2D eigenvalue weighted by Gasteiger charge is -2.39. The fourth-order valence-electron chi connectivity index (χ4n) is 4.10. The second kappa shape index (κ2) is 10.3. The molecule has 0 spiro atoms. The van der Waals surface area contributed by atoms with Crippen molar-refractivity contribution >= 4 is 11.0 Å². The number of methoxy groups -OCH3 is 3. The first-order valence-corrected chi connectivity index (χ1v) is 10.9. The minimum atomic E-state index is -1.73. The van der Waals surface area contributed by atoms with Crippen molar-refractivity contribution in [3.63, 3.8) is 0 Å². The number of benzene rings is 2. The van der Waals surface area contributed by atoms with Gasteiger partial charge in [0.05, 0.1) is 33.5 Å². The molecule has 200 valence electrons. The van der Waals surface area contributed by atoms with Crippen LogP contribution in [-0.4, -0.2) is 89.3 Å². The van der Waals surface area contributed by atoms with Gasteiger partial charge in [0.15, 0.2) is 23.0 Å². The summed E-state index contributed by atoms with van der Waals surface area (Å²) in [6.45, 7) is -0.672. The monoisotopic (exact) mass is 522 g/mol. The number of phenolic OH excluding ortho intramolecular Hbond substituents is 2. The number of rotatable bonds is 7. The van der Waals surface area contributed by atoms with Crippen LogP contribution in [0.4, 0.5) is 0 Å². The van der Waals surface area contributed by atoms with Gasteiger partial charge in [0.2, 0.25) is 23.2 Å². The predicted molar refractivity (Wildman–Crippen MR) is 125 cm³/mol. The number of aromatic hydroxyl groups is 2. The van der Waals surface area contributed by atoms with Crippen molar-refractivity contribution in [3.8, 4) is 45.6 Å². The number of aliphatic hydroxyl groups is 4. The van der Waals surface area contributed by atoms with Gasteiger partial charge in [-0.15, -0.1) is 0 Å². The first kappa shape index (κ1) is 26.3. The Morgan fingerprint density at radius 2 is 1.59 bits per heavy atom. The Balaban J connectivity index is 1.80. The predicted octanol–water partition coefficient (Wildman–Crippen LogP) is 0.0757. The van der Waals surface area contributed by atoms with E-state index in [1.165, 1.54) is 39.5 Å². The maximum atomic E-state index is 13.4. The van der Waals surface area contributed by atoms with E-state index in [1.54, 1.807) is 0 Å². The van der Waals surface area contributed by atoms with Crippen LogP contribution in [0.5, 0.6) is 34.5 Å². The smallest absolute Gasteiger partial charge is 0.229 e. The first-order valence-electron chi connectivity index (χ1n) is 10.9. The highest BCUT2D eigenvalue weighted by Gasteiger charge is 2.45. The molecule has 1 aliphatic rings. The largest absolute Gasteiger partial charge is 0.504 e. The molecule has 2 aromatic carbocycles. The third-order valence-corrected chi connectivity index (χ3v) is 6.03. The summed E-state index contributed by atoms with van der Waals surface area (Å²) in [5.41, 5.74) is -0.617. The number of hydrogen-bond acceptors (Lipinski definition) is 13. The second-order valence-electron chi connectivity index (χ2n) is 8.15. The number of phenols is 2. The molecule has 0 saturated carbocycles. The van der Waals surface area contributed by atoms with Crippen molar-refractivity contribution in [2.45, 2.75) is 30.7 Å². The van der Waals surface area contributed by atoms with Gasteiger partial charge in [-0.2, -0.15) is 0 Å². The fraction of sp³-hybridized carbons (Fsp3) is 0.375. The molecule has 4 rings (SSSR count). The Labute approximate surface area is 209 Å². The molecular formula is C24H26O13. The van der Waals surface area contributed by atoms with Gasteiger partial charge in [-0.05, 0) is 17.7 Å². The number of aliphatic hydroxyl groups excluding tert-OH is 4. The van der Waals surface area contributed by atoms with E-state index in [1.807, 2.05) is 0 Å². The van der Waals surface area contributed by atoms with Crippen molar-refractivity contribution in [2.75, 3.05) is 27.9 Å². The summed E-state index contributed by atoms with van der Waals surface area (Å²) in [4.78, 5) is 13.4. The van der Waals surface area contributed by atoms with E-state index in [9.17, 15) is 35.4 Å². The van der Waals surface area contributed by atoms with Crippen LogP contribution in [-0.2, 0) is 4.74 Å². The average Bonchev–Trinajstić information content (AvgIpc) is 2.88. The van der Waals surface area contributed by atoms with Gasteiger partial charge < -0.3 is 58.7 Å². The van der Waals surface area contributed by atoms with E-state index in [0.29, 0.717) is 0 Å². The zero-order valence-electron chi connectivity index (χ0n) is 19.9. The van der Waals surface area contributed by atoms with E-state index in [0.717, 1.165) is 6.26 Å².